The molecule has 2 heterocycles. The molecule has 0 spiro atoms. The second-order valence-electron chi connectivity index (χ2n) is 7.73. The van der Waals surface area contributed by atoms with Gasteiger partial charge in [-0.3, -0.25) is 19.2 Å². The monoisotopic (exact) mass is 445 g/mol. The number of hydrogen-bond donors (Lipinski definition) is 1. The smallest absolute Gasteiger partial charge is 0.290 e. The van der Waals surface area contributed by atoms with E-state index in [4.69, 9.17) is 4.42 Å². The Labute approximate surface area is 190 Å². The van der Waals surface area contributed by atoms with Gasteiger partial charge in [0.25, 0.3) is 11.8 Å². The first-order valence-electron chi connectivity index (χ1n) is 10.6. The Balaban J connectivity index is 1.57. The normalized spacial score (nSPS) is 15.5. The highest BCUT2D eigenvalue weighted by molar-refractivity contribution is 6.23. The zero-order valence-electron chi connectivity index (χ0n) is 18.1. The summed E-state index contributed by atoms with van der Waals surface area (Å²) < 4.78 is 5.27. The minimum absolute atomic E-state index is 0.112. The first kappa shape index (κ1) is 22.0. The van der Waals surface area contributed by atoms with Crippen LogP contribution in [0.25, 0.3) is 0 Å². The molecule has 4 rings (SSSR count). The summed E-state index contributed by atoms with van der Waals surface area (Å²) in [7, 11) is 0. The highest BCUT2D eigenvalue weighted by atomic mass is 16.3. The maximum absolute atomic E-state index is 13.3. The number of benzene rings is 2. The number of hydrogen-bond acceptors (Lipinski definition) is 5. The molecule has 1 aromatic heterocycles. The third-order valence-corrected chi connectivity index (χ3v) is 5.42. The zero-order valence-corrected chi connectivity index (χ0v) is 18.1. The third-order valence-electron chi connectivity index (χ3n) is 5.42. The number of imide groups is 1. The predicted molar refractivity (Wildman–Crippen MR) is 122 cm³/mol. The topological polar surface area (TPSA) is 99.9 Å². The van der Waals surface area contributed by atoms with Crippen molar-refractivity contribution in [1.29, 1.82) is 0 Å². The van der Waals surface area contributed by atoms with Crippen LogP contribution in [0.4, 0.5) is 11.4 Å². The lowest BCUT2D eigenvalue weighted by Gasteiger charge is -2.27. The number of carbonyl (C=O) groups is 4. The van der Waals surface area contributed by atoms with Gasteiger partial charge in [0.05, 0.1) is 18.4 Å². The van der Waals surface area contributed by atoms with E-state index in [0.717, 1.165) is 10.5 Å². The first-order chi connectivity index (χ1) is 15.9. The van der Waals surface area contributed by atoms with Crippen LogP contribution in [0, 0.1) is 0 Å². The molecule has 1 aliphatic rings. The van der Waals surface area contributed by atoms with E-state index in [1.165, 1.54) is 24.2 Å². The standard InChI is InChI=1S/C25H23N3O5/c1-17(29)26-19-9-11-20(12-10-19)28-23(30)16-21(24(28)31)27(25(32)22-8-5-15-33-22)14-13-18-6-3-2-4-7-18/h2-12,15,21H,13-14,16H2,1H3,(H,26,29). The van der Waals surface area contributed by atoms with Crippen LogP contribution >= 0.6 is 0 Å². The molecule has 0 radical (unpaired) electrons. The Bertz CT molecular complexity index is 1160. The maximum Gasteiger partial charge on any atom is 0.290 e. The quantitative estimate of drug-likeness (QED) is 0.563. The van der Waals surface area contributed by atoms with Gasteiger partial charge in [0.1, 0.15) is 6.04 Å². The van der Waals surface area contributed by atoms with Crippen molar-refractivity contribution in [3.63, 3.8) is 0 Å². The fourth-order valence-corrected chi connectivity index (χ4v) is 3.86. The number of furan rings is 1. The summed E-state index contributed by atoms with van der Waals surface area (Å²) in [4.78, 5) is 53.0. The molecule has 1 atom stereocenters. The fourth-order valence-electron chi connectivity index (χ4n) is 3.86. The molecule has 8 nitrogen and oxygen atoms in total. The lowest BCUT2D eigenvalue weighted by Crippen LogP contribution is -2.46. The molecule has 0 saturated carbocycles. The number of nitrogens with one attached hydrogen (secondary N) is 1. The van der Waals surface area contributed by atoms with Gasteiger partial charge < -0.3 is 14.6 Å². The van der Waals surface area contributed by atoms with Crippen LogP contribution in [0.3, 0.4) is 0 Å². The van der Waals surface area contributed by atoms with E-state index in [1.54, 1.807) is 30.3 Å². The average molecular weight is 445 g/mol. The average Bonchev–Trinajstić information content (AvgIpc) is 3.44. The minimum Gasteiger partial charge on any atom is -0.459 e. The van der Waals surface area contributed by atoms with Gasteiger partial charge in [-0.15, -0.1) is 0 Å². The van der Waals surface area contributed by atoms with Crippen LogP contribution in [0.15, 0.2) is 77.4 Å². The van der Waals surface area contributed by atoms with E-state index in [-0.39, 0.29) is 24.6 Å². The van der Waals surface area contributed by atoms with Gasteiger partial charge >= 0.3 is 0 Å². The van der Waals surface area contributed by atoms with Crippen molar-refractivity contribution in [3.05, 3.63) is 84.3 Å². The van der Waals surface area contributed by atoms with Crippen molar-refractivity contribution in [2.75, 3.05) is 16.8 Å². The summed E-state index contributed by atoms with van der Waals surface area (Å²) in [6, 6.07) is 18.2. The van der Waals surface area contributed by atoms with E-state index in [2.05, 4.69) is 5.32 Å². The highest BCUT2D eigenvalue weighted by Gasteiger charge is 2.44. The number of anilines is 2. The molecule has 0 bridgehead atoms. The molecular weight excluding hydrogens is 422 g/mol. The molecule has 4 amide bonds. The second kappa shape index (κ2) is 9.52. The van der Waals surface area contributed by atoms with E-state index in [9.17, 15) is 19.2 Å². The molecule has 3 aromatic rings. The third kappa shape index (κ3) is 4.85. The number of carbonyl (C=O) groups excluding carboxylic acids is 4. The second-order valence-corrected chi connectivity index (χ2v) is 7.73. The van der Waals surface area contributed by atoms with Crippen molar-refractivity contribution >= 4 is 35.0 Å². The Morgan fingerprint density at radius 3 is 2.39 bits per heavy atom. The number of rotatable bonds is 7. The van der Waals surface area contributed by atoms with E-state index < -0.39 is 23.8 Å². The van der Waals surface area contributed by atoms with Crippen LogP contribution in [0.1, 0.15) is 29.5 Å². The number of amides is 4. The van der Waals surface area contributed by atoms with Crippen molar-refractivity contribution in [3.8, 4) is 0 Å². The summed E-state index contributed by atoms with van der Waals surface area (Å²) in [6.07, 6.45) is 1.80. The molecule has 2 aromatic carbocycles. The van der Waals surface area contributed by atoms with Gasteiger partial charge in [-0.05, 0) is 48.4 Å². The minimum atomic E-state index is -0.936. The molecule has 1 fully saturated rings. The van der Waals surface area contributed by atoms with Gasteiger partial charge in [0.2, 0.25) is 11.8 Å². The van der Waals surface area contributed by atoms with Crippen LogP contribution in [-0.2, 0) is 20.8 Å². The van der Waals surface area contributed by atoms with Gasteiger partial charge in [0.15, 0.2) is 5.76 Å². The summed E-state index contributed by atoms with van der Waals surface area (Å²) in [5, 5.41) is 2.64. The van der Waals surface area contributed by atoms with Crippen LogP contribution in [0.5, 0.6) is 0 Å². The predicted octanol–water partition coefficient (Wildman–Crippen LogP) is 3.26. The summed E-state index contributed by atoms with van der Waals surface area (Å²) in [5.74, 6) is -1.41. The van der Waals surface area contributed by atoms with Gasteiger partial charge in [-0.25, -0.2) is 4.90 Å². The van der Waals surface area contributed by atoms with E-state index >= 15 is 0 Å². The van der Waals surface area contributed by atoms with Gasteiger partial charge in [0, 0.05) is 19.2 Å². The maximum atomic E-state index is 13.3. The fraction of sp³-hybridized carbons (Fsp3) is 0.200. The first-order valence-corrected chi connectivity index (χ1v) is 10.6. The summed E-state index contributed by atoms with van der Waals surface area (Å²) in [5.41, 5.74) is 1.95. The van der Waals surface area contributed by atoms with Gasteiger partial charge in [-0.1, -0.05) is 30.3 Å². The zero-order chi connectivity index (χ0) is 23.4. The molecule has 33 heavy (non-hydrogen) atoms. The number of nitrogens with zero attached hydrogens (tertiary/aromatic N) is 2. The Morgan fingerprint density at radius 2 is 1.76 bits per heavy atom. The van der Waals surface area contributed by atoms with Crippen molar-refractivity contribution in [2.24, 2.45) is 0 Å². The summed E-state index contributed by atoms with van der Waals surface area (Å²) >= 11 is 0. The van der Waals surface area contributed by atoms with Crippen LogP contribution in [0.2, 0.25) is 0 Å². The molecule has 8 heteroatoms. The SMILES string of the molecule is CC(=O)Nc1ccc(N2C(=O)CC(N(CCc3ccccc3)C(=O)c3ccco3)C2=O)cc1. The molecule has 1 aliphatic heterocycles. The Kier molecular flexibility index (Phi) is 6.35. The Hall–Kier alpha value is -4.20. The molecule has 168 valence electrons. The highest BCUT2D eigenvalue weighted by Crippen LogP contribution is 2.28. The van der Waals surface area contributed by atoms with Crippen LogP contribution < -0.4 is 10.2 Å². The van der Waals surface area contributed by atoms with E-state index in [1.807, 2.05) is 30.3 Å². The van der Waals surface area contributed by atoms with Crippen molar-refractivity contribution < 1.29 is 23.6 Å². The largest absolute Gasteiger partial charge is 0.459 e. The lowest BCUT2D eigenvalue weighted by molar-refractivity contribution is -0.122. The molecule has 0 aliphatic carbocycles. The van der Waals surface area contributed by atoms with E-state index in [0.29, 0.717) is 17.8 Å². The Morgan fingerprint density at radius 1 is 1.03 bits per heavy atom. The molecule has 1 unspecified atom stereocenters. The molecular formula is C25H23N3O5. The van der Waals surface area contributed by atoms with Gasteiger partial charge in [-0.2, -0.15) is 0 Å². The van der Waals surface area contributed by atoms with Crippen molar-refractivity contribution in [1.82, 2.24) is 4.90 Å². The van der Waals surface area contributed by atoms with Crippen molar-refractivity contribution in [2.45, 2.75) is 25.8 Å². The summed E-state index contributed by atoms with van der Waals surface area (Å²) in [6.45, 7) is 1.65. The van der Waals surface area contributed by atoms with Crippen LogP contribution in [-0.4, -0.2) is 41.1 Å². The lowest BCUT2D eigenvalue weighted by atomic mass is 10.1. The molecule has 1 saturated heterocycles. The molecule has 1 N–H and O–H groups in total.